The van der Waals surface area contributed by atoms with Gasteiger partial charge in [0.15, 0.2) is 0 Å². The Hall–Kier alpha value is -1.36. The molecule has 0 amide bonds. The Morgan fingerprint density at radius 1 is 1.50 bits per heavy atom. The van der Waals surface area contributed by atoms with Crippen LogP contribution in [0.15, 0.2) is 18.5 Å². The van der Waals surface area contributed by atoms with Crippen LogP contribution in [-0.2, 0) is 11.3 Å². The van der Waals surface area contributed by atoms with Gasteiger partial charge in [0.1, 0.15) is 0 Å². The molecule has 2 rings (SSSR count). The Bertz CT molecular complexity index is 304. The number of carboxylic acid groups (broad SMARTS) is 1. The summed E-state index contributed by atoms with van der Waals surface area (Å²) in [7, 11) is 0. The molecule has 0 aromatic carbocycles. The zero-order valence-electron chi connectivity index (χ0n) is 7.83. The van der Waals surface area contributed by atoms with Crippen LogP contribution in [0.3, 0.4) is 0 Å². The minimum absolute atomic E-state index is 0.160. The highest BCUT2D eigenvalue weighted by Gasteiger charge is 2.31. The molecule has 5 heteroatoms. The molecule has 0 atom stereocenters. The molecular formula is C9H13N3O2. The first kappa shape index (κ1) is 9.21. The quantitative estimate of drug-likeness (QED) is 0.728. The molecule has 1 aliphatic heterocycles. The number of hydrogen-bond donors (Lipinski definition) is 1. The first-order valence-electron chi connectivity index (χ1n) is 4.68. The van der Waals surface area contributed by atoms with Gasteiger partial charge in [-0.2, -0.15) is 5.10 Å². The first-order valence-corrected chi connectivity index (χ1v) is 4.68. The van der Waals surface area contributed by atoms with Gasteiger partial charge in [0.05, 0.1) is 12.5 Å². The molecule has 0 saturated carbocycles. The lowest BCUT2D eigenvalue weighted by Gasteiger charge is -2.36. The molecular weight excluding hydrogens is 182 g/mol. The van der Waals surface area contributed by atoms with Crippen molar-refractivity contribution in [1.82, 2.24) is 14.7 Å². The van der Waals surface area contributed by atoms with Gasteiger partial charge in [-0.25, -0.2) is 0 Å². The van der Waals surface area contributed by atoms with E-state index in [0.717, 1.165) is 13.1 Å². The van der Waals surface area contributed by atoms with E-state index in [1.807, 2.05) is 16.9 Å². The third-order valence-electron chi connectivity index (χ3n) is 2.51. The van der Waals surface area contributed by atoms with E-state index >= 15 is 0 Å². The van der Waals surface area contributed by atoms with Crippen molar-refractivity contribution in [2.75, 3.05) is 19.6 Å². The molecule has 0 radical (unpaired) electrons. The molecule has 2 heterocycles. The van der Waals surface area contributed by atoms with Crippen molar-refractivity contribution in [3.63, 3.8) is 0 Å². The topological polar surface area (TPSA) is 58.4 Å². The molecule has 0 spiro atoms. The highest BCUT2D eigenvalue weighted by Crippen LogP contribution is 2.14. The van der Waals surface area contributed by atoms with E-state index in [0.29, 0.717) is 13.1 Å². The fraction of sp³-hybridized carbons (Fsp3) is 0.556. The monoisotopic (exact) mass is 195 g/mol. The number of carboxylic acids is 1. The molecule has 0 bridgehead atoms. The fourth-order valence-electron chi connectivity index (χ4n) is 1.59. The van der Waals surface area contributed by atoms with Crippen molar-refractivity contribution in [2.24, 2.45) is 5.92 Å². The molecule has 1 N–H and O–H groups in total. The Kier molecular flexibility index (Phi) is 2.49. The summed E-state index contributed by atoms with van der Waals surface area (Å²) in [6.07, 6.45) is 3.66. The second-order valence-electron chi connectivity index (χ2n) is 3.56. The lowest BCUT2D eigenvalue weighted by atomic mass is 10.0. The van der Waals surface area contributed by atoms with E-state index in [9.17, 15) is 4.79 Å². The Labute approximate surface area is 81.9 Å². The van der Waals surface area contributed by atoms with Gasteiger partial charge in [-0.15, -0.1) is 0 Å². The Morgan fingerprint density at radius 2 is 2.29 bits per heavy atom. The van der Waals surface area contributed by atoms with Crippen LogP contribution >= 0.6 is 0 Å². The average molecular weight is 195 g/mol. The predicted octanol–water partition coefficient (Wildman–Crippen LogP) is -0.101. The number of nitrogens with zero attached hydrogens (tertiary/aromatic N) is 3. The standard InChI is InChI=1S/C9H13N3O2/c13-9(14)8-6-11(7-8)4-5-12-3-1-2-10-12/h1-3,8H,4-7H2,(H,13,14). The Morgan fingerprint density at radius 3 is 2.86 bits per heavy atom. The Balaban J connectivity index is 1.68. The van der Waals surface area contributed by atoms with E-state index < -0.39 is 5.97 Å². The zero-order chi connectivity index (χ0) is 9.97. The van der Waals surface area contributed by atoms with Crippen LogP contribution in [-0.4, -0.2) is 45.4 Å². The van der Waals surface area contributed by atoms with Crippen LogP contribution in [0.4, 0.5) is 0 Å². The maximum atomic E-state index is 10.5. The zero-order valence-corrected chi connectivity index (χ0v) is 7.83. The summed E-state index contributed by atoms with van der Waals surface area (Å²) < 4.78 is 1.86. The molecule has 0 unspecified atom stereocenters. The van der Waals surface area contributed by atoms with Crippen LogP contribution in [0, 0.1) is 5.92 Å². The molecule has 1 fully saturated rings. The maximum Gasteiger partial charge on any atom is 0.309 e. The SMILES string of the molecule is O=C(O)C1CN(CCn2cccn2)C1. The average Bonchev–Trinajstić information content (AvgIpc) is 2.52. The first-order chi connectivity index (χ1) is 6.75. The van der Waals surface area contributed by atoms with Crippen molar-refractivity contribution in [3.05, 3.63) is 18.5 Å². The van der Waals surface area contributed by atoms with E-state index in [-0.39, 0.29) is 5.92 Å². The maximum absolute atomic E-state index is 10.5. The third kappa shape index (κ3) is 1.93. The second kappa shape index (κ2) is 3.79. The molecule has 76 valence electrons. The lowest BCUT2D eigenvalue weighted by Crippen LogP contribution is -2.51. The summed E-state index contributed by atoms with van der Waals surface area (Å²) in [5.41, 5.74) is 0. The summed E-state index contributed by atoms with van der Waals surface area (Å²) in [6.45, 7) is 3.07. The molecule has 14 heavy (non-hydrogen) atoms. The van der Waals surface area contributed by atoms with Gasteiger partial charge in [0, 0.05) is 32.0 Å². The molecule has 1 aromatic heterocycles. The number of carbonyl (C=O) groups is 1. The smallest absolute Gasteiger partial charge is 0.309 e. The summed E-state index contributed by atoms with van der Waals surface area (Å²) in [5.74, 6) is -0.840. The highest BCUT2D eigenvalue weighted by molar-refractivity contribution is 5.71. The normalized spacial score (nSPS) is 18.0. The number of likely N-dealkylation sites (tertiary alicyclic amines) is 1. The number of aromatic nitrogens is 2. The lowest BCUT2D eigenvalue weighted by molar-refractivity contribution is -0.147. The van der Waals surface area contributed by atoms with E-state index in [1.165, 1.54) is 0 Å². The van der Waals surface area contributed by atoms with Crippen molar-refractivity contribution in [3.8, 4) is 0 Å². The summed E-state index contributed by atoms with van der Waals surface area (Å²) in [4.78, 5) is 12.6. The van der Waals surface area contributed by atoms with Crippen molar-refractivity contribution < 1.29 is 9.90 Å². The number of aliphatic carboxylic acids is 1. The van der Waals surface area contributed by atoms with E-state index in [2.05, 4.69) is 10.00 Å². The van der Waals surface area contributed by atoms with Crippen LogP contribution in [0.1, 0.15) is 0 Å². The molecule has 1 aromatic rings. The van der Waals surface area contributed by atoms with Gasteiger partial charge in [-0.3, -0.25) is 14.4 Å². The highest BCUT2D eigenvalue weighted by atomic mass is 16.4. The summed E-state index contributed by atoms with van der Waals surface area (Å²) in [5, 5.41) is 12.7. The van der Waals surface area contributed by atoms with Crippen molar-refractivity contribution in [1.29, 1.82) is 0 Å². The van der Waals surface area contributed by atoms with E-state index in [4.69, 9.17) is 5.11 Å². The summed E-state index contributed by atoms with van der Waals surface area (Å²) >= 11 is 0. The predicted molar refractivity (Wildman–Crippen MR) is 49.8 cm³/mol. The van der Waals surface area contributed by atoms with Gasteiger partial charge in [-0.05, 0) is 6.07 Å². The molecule has 0 aliphatic carbocycles. The molecule has 1 saturated heterocycles. The van der Waals surface area contributed by atoms with Gasteiger partial charge < -0.3 is 5.11 Å². The van der Waals surface area contributed by atoms with Gasteiger partial charge >= 0.3 is 5.97 Å². The third-order valence-corrected chi connectivity index (χ3v) is 2.51. The number of hydrogen-bond acceptors (Lipinski definition) is 3. The molecule has 5 nitrogen and oxygen atoms in total. The van der Waals surface area contributed by atoms with E-state index in [1.54, 1.807) is 6.20 Å². The molecule has 1 aliphatic rings. The van der Waals surface area contributed by atoms with Gasteiger partial charge in [0.25, 0.3) is 0 Å². The minimum Gasteiger partial charge on any atom is -0.481 e. The van der Waals surface area contributed by atoms with Gasteiger partial charge in [-0.1, -0.05) is 0 Å². The van der Waals surface area contributed by atoms with Crippen molar-refractivity contribution in [2.45, 2.75) is 6.54 Å². The van der Waals surface area contributed by atoms with Crippen LogP contribution in [0.5, 0.6) is 0 Å². The largest absolute Gasteiger partial charge is 0.481 e. The minimum atomic E-state index is -0.680. The van der Waals surface area contributed by atoms with Gasteiger partial charge in [0.2, 0.25) is 0 Å². The number of rotatable bonds is 4. The van der Waals surface area contributed by atoms with Crippen LogP contribution in [0.2, 0.25) is 0 Å². The second-order valence-corrected chi connectivity index (χ2v) is 3.56. The van der Waals surface area contributed by atoms with Crippen LogP contribution < -0.4 is 0 Å². The fourth-order valence-corrected chi connectivity index (χ4v) is 1.59. The van der Waals surface area contributed by atoms with Crippen LogP contribution in [0.25, 0.3) is 0 Å². The van der Waals surface area contributed by atoms with Crippen molar-refractivity contribution >= 4 is 5.97 Å². The summed E-state index contributed by atoms with van der Waals surface area (Å²) in [6, 6.07) is 1.89.